The zero-order valence-corrected chi connectivity index (χ0v) is 10.3. The predicted molar refractivity (Wildman–Crippen MR) is 66.1 cm³/mol. The first-order chi connectivity index (χ1) is 8.09. The number of aromatic nitrogens is 2. The number of nitrogens with zero attached hydrogens (tertiary/aromatic N) is 2. The number of hydrogen-bond acceptors (Lipinski definition) is 4. The van der Waals surface area contributed by atoms with Crippen molar-refractivity contribution in [1.82, 2.24) is 9.55 Å². The second kappa shape index (κ2) is 4.87. The van der Waals surface area contributed by atoms with Gasteiger partial charge in [0.15, 0.2) is 5.82 Å². The maximum Gasteiger partial charge on any atom is 0.293 e. The topological polar surface area (TPSA) is 67.2 Å². The summed E-state index contributed by atoms with van der Waals surface area (Å²) in [6.07, 6.45) is 5.08. The fourth-order valence-corrected chi connectivity index (χ4v) is 1.80. The van der Waals surface area contributed by atoms with Crippen molar-refractivity contribution in [3.63, 3.8) is 0 Å². The van der Waals surface area contributed by atoms with Crippen molar-refractivity contribution in [3.05, 3.63) is 22.7 Å². The Morgan fingerprint density at radius 3 is 2.88 bits per heavy atom. The first-order valence-corrected chi connectivity index (χ1v) is 6.08. The minimum Gasteiger partial charge on any atom is -0.391 e. The molecule has 0 bridgehead atoms. The van der Waals surface area contributed by atoms with Gasteiger partial charge in [-0.25, -0.2) is 4.98 Å². The zero-order valence-electron chi connectivity index (χ0n) is 10.3. The number of rotatable bonds is 5. The van der Waals surface area contributed by atoms with Gasteiger partial charge in [0, 0.05) is 25.0 Å². The number of nitrogens with one attached hydrogen (secondary N) is 1. The Balaban J connectivity index is 2.05. The summed E-state index contributed by atoms with van der Waals surface area (Å²) >= 11 is 0. The van der Waals surface area contributed by atoms with Crippen molar-refractivity contribution in [2.24, 2.45) is 5.92 Å². The molecule has 1 saturated carbocycles. The lowest BCUT2D eigenvalue weighted by atomic mass is 10.2. The highest BCUT2D eigenvalue weighted by Gasteiger charge is 2.29. The fraction of sp³-hybridized carbons (Fsp3) is 0.667. The summed E-state index contributed by atoms with van der Waals surface area (Å²) in [5.74, 6) is 0.722. The standard InChI is InChI=1S/C12H19N3O2/c1-8(2)15-6-5-13-11(12(15)17)14-7-10(16)9-3-4-9/h5-6,8-10,16H,3-4,7H2,1-2H3,(H,13,14). The highest BCUT2D eigenvalue weighted by atomic mass is 16.3. The predicted octanol–water partition coefficient (Wildman–Crippen LogP) is 1.01. The quantitative estimate of drug-likeness (QED) is 0.802. The molecule has 0 aliphatic heterocycles. The van der Waals surface area contributed by atoms with Crippen LogP contribution in [0.1, 0.15) is 32.7 Å². The number of hydrogen-bond donors (Lipinski definition) is 2. The van der Waals surface area contributed by atoms with Crippen LogP contribution in [0.4, 0.5) is 5.82 Å². The molecule has 1 aliphatic carbocycles. The summed E-state index contributed by atoms with van der Waals surface area (Å²) in [6.45, 7) is 4.30. The van der Waals surface area contributed by atoms with Crippen molar-refractivity contribution in [1.29, 1.82) is 0 Å². The molecule has 0 amide bonds. The van der Waals surface area contributed by atoms with Crippen LogP contribution in [0.2, 0.25) is 0 Å². The van der Waals surface area contributed by atoms with Crippen LogP contribution in [0.25, 0.3) is 0 Å². The van der Waals surface area contributed by atoms with Crippen molar-refractivity contribution >= 4 is 5.82 Å². The monoisotopic (exact) mass is 237 g/mol. The normalized spacial score (nSPS) is 17.2. The highest BCUT2D eigenvalue weighted by molar-refractivity contribution is 5.31. The van der Waals surface area contributed by atoms with Gasteiger partial charge in [0.1, 0.15) is 0 Å². The van der Waals surface area contributed by atoms with Gasteiger partial charge in [-0.1, -0.05) is 0 Å². The molecule has 94 valence electrons. The molecule has 1 unspecified atom stereocenters. The summed E-state index contributed by atoms with van der Waals surface area (Å²) in [6, 6.07) is 0.111. The maximum atomic E-state index is 12.0. The molecule has 1 aromatic heterocycles. The van der Waals surface area contributed by atoms with E-state index in [-0.39, 0.29) is 17.7 Å². The van der Waals surface area contributed by atoms with Crippen molar-refractivity contribution in [3.8, 4) is 0 Å². The molecule has 1 aliphatic rings. The van der Waals surface area contributed by atoms with E-state index in [9.17, 15) is 9.90 Å². The van der Waals surface area contributed by atoms with E-state index in [1.807, 2.05) is 13.8 Å². The molecule has 5 heteroatoms. The summed E-state index contributed by atoms with van der Waals surface area (Å²) < 4.78 is 1.62. The second-order valence-corrected chi connectivity index (χ2v) is 4.87. The SMILES string of the molecule is CC(C)n1ccnc(NCC(O)C2CC2)c1=O. The van der Waals surface area contributed by atoms with E-state index in [0.29, 0.717) is 18.3 Å². The zero-order chi connectivity index (χ0) is 12.4. The van der Waals surface area contributed by atoms with Crippen LogP contribution in [-0.4, -0.2) is 27.3 Å². The minimum absolute atomic E-state index is 0.111. The third-order valence-corrected chi connectivity index (χ3v) is 3.07. The Kier molecular flexibility index (Phi) is 3.47. The molecule has 0 spiro atoms. The molecule has 0 radical (unpaired) electrons. The van der Waals surface area contributed by atoms with Gasteiger partial charge in [-0.15, -0.1) is 0 Å². The van der Waals surface area contributed by atoms with E-state index in [1.165, 1.54) is 0 Å². The average Bonchev–Trinajstić information content (AvgIpc) is 3.10. The van der Waals surface area contributed by atoms with Gasteiger partial charge in [0.25, 0.3) is 5.56 Å². The molecule has 0 aromatic carbocycles. The van der Waals surface area contributed by atoms with E-state index in [4.69, 9.17) is 0 Å². The molecule has 1 heterocycles. The number of anilines is 1. The maximum absolute atomic E-state index is 12.0. The van der Waals surface area contributed by atoms with E-state index >= 15 is 0 Å². The van der Waals surface area contributed by atoms with E-state index in [0.717, 1.165) is 12.8 Å². The number of aliphatic hydroxyl groups excluding tert-OH is 1. The van der Waals surface area contributed by atoms with Gasteiger partial charge in [-0.2, -0.15) is 0 Å². The molecule has 2 N–H and O–H groups in total. The summed E-state index contributed by atoms with van der Waals surface area (Å²) in [4.78, 5) is 16.0. The molecule has 1 atom stereocenters. The van der Waals surface area contributed by atoms with Gasteiger partial charge in [-0.3, -0.25) is 4.79 Å². The second-order valence-electron chi connectivity index (χ2n) is 4.87. The van der Waals surface area contributed by atoms with Crippen LogP contribution in [0.5, 0.6) is 0 Å². The van der Waals surface area contributed by atoms with Gasteiger partial charge >= 0.3 is 0 Å². The lowest BCUT2D eigenvalue weighted by Crippen LogP contribution is -2.29. The average molecular weight is 237 g/mol. The molecule has 17 heavy (non-hydrogen) atoms. The highest BCUT2D eigenvalue weighted by Crippen LogP contribution is 2.32. The molecule has 0 saturated heterocycles. The van der Waals surface area contributed by atoms with Crippen LogP contribution >= 0.6 is 0 Å². The summed E-state index contributed by atoms with van der Waals surface area (Å²) in [5.41, 5.74) is -0.134. The Morgan fingerprint density at radius 2 is 2.29 bits per heavy atom. The van der Waals surface area contributed by atoms with Crippen molar-refractivity contribution in [2.45, 2.75) is 38.8 Å². The van der Waals surface area contributed by atoms with E-state index in [2.05, 4.69) is 10.3 Å². The van der Waals surface area contributed by atoms with Crippen LogP contribution in [0.15, 0.2) is 17.2 Å². The third kappa shape index (κ3) is 2.85. The van der Waals surface area contributed by atoms with Crippen LogP contribution in [-0.2, 0) is 0 Å². The van der Waals surface area contributed by atoms with Gasteiger partial charge < -0.3 is 15.0 Å². The molecule has 1 fully saturated rings. The lowest BCUT2D eigenvalue weighted by Gasteiger charge is -2.13. The van der Waals surface area contributed by atoms with E-state index < -0.39 is 0 Å². The van der Waals surface area contributed by atoms with Gasteiger partial charge in [0.2, 0.25) is 0 Å². The first-order valence-electron chi connectivity index (χ1n) is 6.08. The molecule has 1 aromatic rings. The molecular formula is C12H19N3O2. The summed E-state index contributed by atoms with van der Waals surface area (Å²) in [5, 5.41) is 12.7. The fourth-order valence-electron chi connectivity index (χ4n) is 1.80. The Labute approximate surface area is 100 Å². The Bertz CT molecular complexity index is 438. The van der Waals surface area contributed by atoms with Crippen LogP contribution in [0.3, 0.4) is 0 Å². The third-order valence-electron chi connectivity index (χ3n) is 3.07. The van der Waals surface area contributed by atoms with Crippen LogP contribution < -0.4 is 10.9 Å². The smallest absolute Gasteiger partial charge is 0.293 e. The molecular weight excluding hydrogens is 218 g/mol. The Morgan fingerprint density at radius 1 is 1.59 bits per heavy atom. The van der Waals surface area contributed by atoms with E-state index in [1.54, 1.807) is 17.0 Å². The largest absolute Gasteiger partial charge is 0.391 e. The van der Waals surface area contributed by atoms with Crippen molar-refractivity contribution in [2.75, 3.05) is 11.9 Å². The first kappa shape index (κ1) is 12.1. The van der Waals surface area contributed by atoms with Crippen LogP contribution in [0, 0.1) is 5.92 Å². The summed E-state index contributed by atoms with van der Waals surface area (Å²) in [7, 11) is 0. The van der Waals surface area contributed by atoms with Gasteiger partial charge in [-0.05, 0) is 32.6 Å². The van der Waals surface area contributed by atoms with Gasteiger partial charge in [0.05, 0.1) is 6.10 Å². The molecule has 5 nitrogen and oxygen atoms in total. The Hall–Kier alpha value is -1.36. The minimum atomic E-state index is -0.371. The lowest BCUT2D eigenvalue weighted by molar-refractivity contribution is 0.164. The molecule has 2 rings (SSSR count). The van der Waals surface area contributed by atoms with Crippen molar-refractivity contribution < 1.29 is 5.11 Å². The number of aliphatic hydroxyl groups is 1.